The lowest BCUT2D eigenvalue weighted by Gasteiger charge is -2.22. The molecule has 0 radical (unpaired) electrons. The first-order chi connectivity index (χ1) is 18.5. The molecule has 1 fully saturated rings. The number of nitrogens with one attached hydrogen (secondary N) is 3. The van der Waals surface area contributed by atoms with E-state index in [1.807, 2.05) is 12.1 Å². The van der Waals surface area contributed by atoms with Gasteiger partial charge in [-0.3, -0.25) is 14.6 Å². The van der Waals surface area contributed by atoms with Crippen molar-refractivity contribution in [1.29, 1.82) is 5.26 Å². The van der Waals surface area contributed by atoms with Crippen molar-refractivity contribution >= 4 is 34.0 Å². The molecule has 10 nitrogen and oxygen atoms in total. The Labute approximate surface area is 228 Å². The first kappa shape index (κ1) is 26.9. The molecular formula is C27H27BrN6O4. The van der Waals surface area contributed by atoms with E-state index in [-0.39, 0.29) is 35.8 Å². The fraction of sp³-hybridized carbons (Fsp3) is 0.296. The third kappa shape index (κ3) is 6.77. The standard InChI is InChI=1S/C27H27BrN6O4/c1-37-22-12-18(21(28)13-23(22)38-16-24(35)31-19-10-6-3-7-11-19)15-30-34-27-32-25(17-8-4-2-5-9-17)20(14-29)26(36)33-27/h2,4-5,8-9,12-13,15,19H,3,6-7,10-11,16H2,1H3,(H,31,35)(H2,32,33,34,36). The molecule has 1 saturated carbocycles. The van der Waals surface area contributed by atoms with E-state index in [0.717, 1.165) is 25.7 Å². The number of ether oxygens (including phenoxy) is 2. The predicted molar refractivity (Wildman–Crippen MR) is 147 cm³/mol. The Morgan fingerprint density at radius 2 is 2.00 bits per heavy atom. The highest BCUT2D eigenvalue weighted by Gasteiger charge is 2.17. The Balaban J connectivity index is 1.45. The van der Waals surface area contributed by atoms with Crippen LogP contribution in [0, 0.1) is 11.3 Å². The fourth-order valence-corrected chi connectivity index (χ4v) is 4.60. The molecule has 38 heavy (non-hydrogen) atoms. The number of hydrazone groups is 1. The van der Waals surface area contributed by atoms with Crippen molar-refractivity contribution in [3.63, 3.8) is 0 Å². The maximum atomic E-state index is 12.4. The molecule has 1 aliphatic rings. The van der Waals surface area contributed by atoms with Crippen LogP contribution in [0.25, 0.3) is 11.3 Å². The molecule has 0 unspecified atom stereocenters. The van der Waals surface area contributed by atoms with Crippen LogP contribution in [0.15, 0.2) is 56.8 Å². The van der Waals surface area contributed by atoms with Crippen LogP contribution in [0.2, 0.25) is 0 Å². The number of carbonyl (C=O) groups is 1. The van der Waals surface area contributed by atoms with Crippen LogP contribution in [-0.4, -0.2) is 41.8 Å². The zero-order chi connectivity index (χ0) is 26.9. The van der Waals surface area contributed by atoms with Crippen molar-refractivity contribution in [1.82, 2.24) is 15.3 Å². The molecule has 3 aromatic rings. The number of halogens is 1. The number of aromatic nitrogens is 2. The molecule has 0 spiro atoms. The van der Waals surface area contributed by atoms with E-state index in [4.69, 9.17) is 9.47 Å². The Kier molecular flexibility index (Phi) is 9.11. The average Bonchev–Trinajstić information content (AvgIpc) is 2.93. The van der Waals surface area contributed by atoms with Gasteiger partial charge < -0.3 is 14.8 Å². The van der Waals surface area contributed by atoms with Crippen molar-refractivity contribution in [3.05, 3.63) is 68.4 Å². The lowest BCUT2D eigenvalue weighted by atomic mass is 9.95. The number of benzene rings is 2. The minimum atomic E-state index is -0.573. The minimum Gasteiger partial charge on any atom is -0.493 e. The molecular weight excluding hydrogens is 552 g/mol. The van der Waals surface area contributed by atoms with E-state index in [1.165, 1.54) is 19.7 Å². The third-order valence-electron chi connectivity index (χ3n) is 6.06. The zero-order valence-electron chi connectivity index (χ0n) is 20.8. The number of H-pyrrole nitrogens is 1. The maximum Gasteiger partial charge on any atom is 0.270 e. The summed E-state index contributed by atoms with van der Waals surface area (Å²) in [4.78, 5) is 31.6. The van der Waals surface area contributed by atoms with Crippen LogP contribution in [0.5, 0.6) is 11.5 Å². The van der Waals surface area contributed by atoms with Gasteiger partial charge in [0, 0.05) is 21.6 Å². The van der Waals surface area contributed by atoms with Gasteiger partial charge in [0.25, 0.3) is 11.5 Å². The van der Waals surface area contributed by atoms with Gasteiger partial charge >= 0.3 is 0 Å². The molecule has 0 aliphatic heterocycles. The van der Waals surface area contributed by atoms with E-state index in [0.29, 0.717) is 27.1 Å². The lowest BCUT2D eigenvalue weighted by molar-refractivity contribution is -0.124. The molecule has 1 amide bonds. The van der Waals surface area contributed by atoms with Crippen LogP contribution < -0.4 is 25.8 Å². The molecule has 196 valence electrons. The second-order valence-corrected chi connectivity index (χ2v) is 9.56. The van der Waals surface area contributed by atoms with E-state index >= 15 is 0 Å². The quantitative estimate of drug-likeness (QED) is 0.253. The summed E-state index contributed by atoms with van der Waals surface area (Å²) in [7, 11) is 1.51. The van der Waals surface area contributed by atoms with Gasteiger partial charge in [-0.05, 0) is 40.9 Å². The van der Waals surface area contributed by atoms with Gasteiger partial charge in [-0.15, -0.1) is 0 Å². The topological polar surface area (TPSA) is 141 Å². The number of hydrogen-bond donors (Lipinski definition) is 3. The average molecular weight is 579 g/mol. The van der Waals surface area contributed by atoms with Gasteiger partial charge in [0.2, 0.25) is 5.95 Å². The Morgan fingerprint density at radius 1 is 1.24 bits per heavy atom. The molecule has 3 N–H and O–H groups in total. The van der Waals surface area contributed by atoms with Crippen molar-refractivity contribution in [2.45, 2.75) is 38.1 Å². The number of amides is 1. The van der Waals surface area contributed by atoms with Crippen molar-refractivity contribution in [2.75, 3.05) is 19.1 Å². The third-order valence-corrected chi connectivity index (χ3v) is 6.75. The predicted octanol–water partition coefficient (Wildman–Crippen LogP) is 4.35. The van der Waals surface area contributed by atoms with Crippen LogP contribution >= 0.6 is 15.9 Å². The highest BCUT2D eigenvalue weighted by molar-refractivity contribution is 9.10. The number of carbonyl (C=O) groups excluding carboxylic acids is 1. The highest BCUT2D eigenvalue weighted by Crippen LogP contribution is 2.33. The summed E-state index contributed by atoms with van der Waals surface area (Å²) >= 11 is 3.49. The highest BCUT2D eigenvalue weighted by atomic mass is 79.9. The summed E-state index contributed by atoms with van der Waals surface area (Å²) in [6.07, 6.45) is 7.00. The molecule has 4 rings (SSSR count). The first-order valence-corrected chi connectivity index (χ1v) is 13.0. The molecule has 1 aromatic heterocycles. The van der Waals surface area contributed by atoms with Gasteiger partial charge in [0.05, 0.1) is 19.0 Å². The number of methoxy groups -OCH3 is 1. The molecule has 11 heteroatoms. The van der Waals surface area contributed by atoms with Crippen LogP contribution in [0.4, 0.5) is 5.95 Å². The normalized spacial score (nSPS) is 13.6. The van der Waals surface area contributed by atoms with E-state index in [9.17, 15) is 14.9 Å². The number of anilines is 1. The lowest BCUT2D eigenvalue weighted by Crippen LogP contribution is -2.39. The largest absolute Gasteiger partial charge is 0.493 e. The Morgan fingerprint density at radius 3 is 2.71 bits per heavy atom. The molecule has 0 bridgehead atoms. The van der Waals surface area contributed by atoms with Crippen molar-refractivity contribution < 1.29 is 14.3 Å². The summed E-state index contributed by atoms with van der Waals surface area (Å²) in [6, 6.07) is 14.5. The van der Waals surface area contributed by atoms with Gasteiger partial charge in [-0.25, -0.2) is 10.4 Å². The molecule has 2 aromatic carbocycles. The number of rotatable bonds is 9. The molecule has 1 heterocycles. The second kappa shape index (κ2) is 12.9. The van der Waals surface area contributed by atoms with Crippen LogP contribution in [-0.2, 0) is 4.79 Å². The van der Waals surface area contributed by atoms with Gasteiger partial charge in [0.15, 0.2) is 18.1 Å². The Bertz CT molecular complexity index is 1410. The summed E-state index contributed by atoms with van der Waals surface area (Å²) in [5, 5.41) is 16.6. The van der Waals surface area contributed by atoms with Crippen molar-refractivity contribution in [2.24, 2.45) is 5.10 Å². The van der Waals surface area contributed by atoms with Gasteiger partial charge in [-0.1, -0.05) is 49.6 Å². The minimum absolute atomic E-state index is 0.0797. The maximum absolute atomic E-state index is 12.4. The summed E-state index contributed by atoms with van der Waals surface area (Å²) in [5.41, 5.74) is 3.58. The SMILES string of the molecule is COc1cc(C=NNc2nc(-c3ccccc3)c(C#N)c(=O)[nH]2)c(Br)cc1OCC(=O)NC1CCCCC1. The van der Waals surface area contributed by atoms with E-state index in [2.05, 4.69) is 41.7 Å². The Hall–Kier alpha value is -4.17. The van der Waals surface area contributed by atoms with E-state index in [1.54, 1.807) is 36.4 Å². The molecule has 1 aliphatic carbocycles. The van der Waals surface area contributed by atoms with Gasteiger partial charge in [-0.2, -0.15) is 10.4 Å². The van der Waals surface area contributed by atoms with Gasteiger partial charge in [0.1, 0.15) is 11.6 Å². The summed E-state index contributed by atoms with van der Waals surface area (Å²) < 4.78 is 11.8. The molecule has 0 atom stereocenters. The van der Waals surface area contributed by atoms with Crippen LogP contribution in [0.1, 0.15) is 43.2 Å². The molecule has 0 saturated heterocycles. The summed E-state index contributed by atoms with van der Waals surface area (Å²) in [6.45, 7) is -0.115. The monoisotopic (exact) mass is 578 g/mol. The smallest absolute Gasteiger partial charge is 0.270 e. The van der Waals surface area contributed by atoms with E-state index < -0.39 is 5.56 Å². The van der Waals surface area contributed by atoms with Crippen LogP contribution in [0.3, 0.4) is 0 Å². The number of aromatic amines is 1. The fourth-order valence-electron chi connectivity index (χ4n) is 4.18. The second-order valence-electron chi connectivity index (χ2n) is 8.70. The number of hydrogen-bond acceptors (Lipinski definition) is 8. The number of nitrogens with zero attached hydrogens (tertiary/aromatic N) is 3. The van der Waals surface area contributed by atoms with Crippen molar-refractivity contribution in [3.8, 4) is 28.8 Å². The summed E-state index contributed by atoms with van der Waals surface area (Å²) in [5.74, 6) is 0.755. The number of nitriles is 1. The first-order valence-electron chi connectivity index (χ1n) is 12.2. The zero-order valence-corrected chi connectivity index (χ0v) is 22.4.